The fraction of sp³-hybridized carbons (Fsp3) is 0.400. The van der Waals surface area contributed by atoms with Gasteiger partial charge in [-0.2, -0.15) is 0 Å². The number of nitrogens with one attached hydrogen (secondary N) is 1. The van der Waals surface area contributed by atoms with Gasteiger partial charge >= 0.3 is 5.97 Å². The molecule has 0 radical (unpaired) electrons. The van der Waals surface area contributed by atoms with Gasteiger partial charge in [0.15, 0.2) is 0 Å². The molecular weight excluding hydrogens is 198 g/mol. The van der Waals surface area contributed by atoms with E-state index in [0.717, 1.165) is 6.42 Å². The molecule has 0 spiro atoms. The lowest BCUT2D eigenvalue weighted by Gasteiger charge is -2.00. The van der Waals surface area contributed by atoms with Crippen LogP contribution in [0.4, 0.5) is 0 Å². The standard InChI is InChI=1S/C10H11NO4/c1-14-10(13)6-5-15-7-3-2-4-11-9(12)8(6)7/h5H,2-4H2,1H3,(H,11,12). The Hall–Kier alpha value is -1.78. The van der Waals surface area contributed by atoms with Crippen LogP contribution in [0.3, 0.4) is 0 Å². The number of rotatable bonds is 1. The first-order valence-corrected chi connectivity index (χ1v) is 4.71. The number of ether oxygens (including phenoxy) is 1. The van der Waals surface area contributed by atoms with Crippen molar-refractivity contribution in [2.45, 2.75) is 12.8 Å². The van der Waals surface area contributed by atoms with Crippen molar-refractivity contribution < 1.29 is 18.7 Å². The van der Waals surface area contributed by atoms with Gasteiger partial charge in [0, 0.05) is 13.0 Å². The second-order valence-electron chi connectivity index (χ2n) is 3.30. The van der Waals surface area contributed by atoms with Crippen molar-refractivity contribution in [1.29, 1.82) is 0 Å². The smallest absolute Gasteiger partial charge is 0.341 e. The van der Waals surface area contributed by atoms with Gasteiger partial charge in [-0.25, -0.2) is 4.79 Å². The molecule has 0 aromatic carbocycles. The van der Waals surface area contributed by atoms with Gasteiger partial charge < -0.3 is 14.5 Å². The summed E-state index contributed by atoms with van der Waals surface area (Å²) in [6, 6.07) is 0. The summed E-state index contributed by atoms with van der Waals surface area (Å²) in [5.74, 6) is -0.251. The summed E-state index contributed by atoms with van der Waals surface area (Å²) in [6.45, 7) is 0.601. The third kappa shape index (κ3) is 1.60. The van der Waals surface area contributed by atoms with Crippen LogP contribution in [-0.4, -0.2) is 25.5 Å². The molecule has 1 aliphatic rings. The Morgan fingerprint density at radius 3 is 3.13 bits per heavy atom. The van der Waals surface area contributed by atoms with E-state index in [2.05, 4.69) is 10.1 Å². The van der Waals surface area contributed by atoms with Crippen LogP contribution in [0.2, 0.25) is 0 Å². The fourth-order valence-electron chi connectivity index (χ4n) is 1.63. The van der Waals surface area contributed by atoms with Crippen molar-refractivity contribution in [2.24, 2.45) is 0 Å². The van der Waals surface area contributed by atoms with Crippen LogP contribution in [-0.2, 0) is 11.2 Å². The van der Waals surface area contributed by atoms with Gasteiger partial charge in [-0.1, -0.05) is 0 Å². The van der Waals surface area contributed by atoms with Gasteiger partial charge in [0.25, 0.3) is 5.91 Å². The van der Waals surface area contributed by atoms with Crippen LogP contribution in [0.1, 0.15) is 32.9 Å². The van der Waals surface area contributed by atoms with Crippen LogP contribution < -0.4 is 5.32 Å². The molecule has 0 aliphatic carbocycles. The van der Waals surface area contributed by atoms with Crippen LogP contribution in [0, 0.1) is 0 Å². The van der Waals surface area contributed by atoms with Crippen molar-refractivity contribution in [1.82, 2.24) is 5.32 Å². The van der Waals surface area contributed by atoms with Crippen molar-refractivity contribution in [2.75, 3.05) is 13.7 Å². The number of hydrogen-bond acceptors (Lipinski definition) is 4. The first-order chi connectivity index (χ1) is 7.24. The number of esters is 1. The maximum absolute atomic E-state index is 11.6. The molecule has 0 saturated heterocycles. The van der Waals surface area contributed by atoms with Crippen molar-refractivity contribution in [3.8, 4) is 0 Å². The Kier molecular flexibility index (Phi) is 2.45. The van der Waals surface area contributed by atoms with Gasteiger partial charge in [0.1, 0.15) is 17.6 Å². The maximum Gasteiger partial charge on any atom is 0.341 e. The molecule has 2 rings (SSSR count). The highest BCUT2D eigenvalue weighted by atomic mass is 16.5. The SMILES string of the molecule is COC(=O)c1coc2c1C(=O)NCCC2. The molecule has 1 aliphatic heterocycles. The number of carbonyl (C=O) groups is 2. The maximum atomic E-state index is 11.6. The molecule has 80 valence electrons. The van der Waals surface area contributed by atoms with Crippen LogP contribution in [0.15, 0.2) is 10.7 Å². The second kappa shape index (κ2) is 3.76. The van der Waals surface area contributed by atoms with Crippen LogP contribution in [0.5, 0.6) is 0 Å². The highest BCUT2D eigenvalue weighted by Crippen LogP contribution is 2.21. The number of hydrogen-bond donors (Lipinski definition) is 1. The minimum atomic E-state index is -0.544. The van der Waals surface area contributed by atoms with E-state index < -0.39 is 5.97 Å². The van der Waals surface area contributed by atoms with E-state index in [1.54, 1.807) is 0 Å². The Labute approximate surface area is 86.4 Å². The number of fused-ring (bicyclic) bond motifs is 1. The molecule has 0 saturated carbocycles. The summed E-state index contributed by atoms with van der Waals surface area (Å²) >= 11 is 0. The predicted octanol–water partition coefficient (Wildman–Crippen LogP) is 0.742. The quantitative estimate of drug-likeness (QED) is 0.693. The van der Waals surface area contributed by atoms with Crippen molar-refractivity contribution in [3.63, 3.8) is 0 Å². The van der Waals surface area contributed by atoms with Crippen molar-refractivity contribution in [3.05, 3.63) is 23.2 Å². The number of furan rings is 1. The first-order valence-electron chi connectivity index (χ1n) is 4.71. The van der Waals surface area contributed by atoms with E-state index in [0.29, 0.717) is 24.3 Å². The number of amides is 1. The normalized spacial score (nSPS) is 15.1. The van der Waals surface area contributed by atoms with Crippen LogP contribution in [0.25, 0.3) is 0 Å². The first kappa shape index (κ1) is 9.76. The lowest BCUT2D eigenvalue weighted by Crippen LogP contribution is -2.24. The van der Waals surface area contributed by atoms with Crippen molar-refractivity contribution >= 4 is 11.9 Å². The molecule has 5 heteroatoms. The minimum Gasteiger partial charge on any atom is -0.468 e. The fourth-order valence-corrected chi connectivity index (χ4v) is 1.63. The molecule has 1 amide bonds. The summed E-state index contributed by atoms with van der Waals surface area (Å²) in [5.41, 5.74) is 0.520. The zero-order chi connectivity index (χ0) is 10.8. The lowest BCUT2D eigenvalue weighted by atomic mass is 10.1. The second-order valence-corrected chi connectivity index (χ2v) is 3.30. The molecular formula is C10H11NO4. The summed E-state index contributed by atoms with van der Waals surface area (Å²) < 4.78 is 9.77. The number of carbonyl (C=O) groups excluding carboxylic acids is 2. The lowest BCUT2D eigenvalue weighted by molar-refractivity contribution is 0.0596. The van der Waals surface area contributed by atoms with E-state index >= 15 is 0 Å². The van der Waals surface area contributed by atoms with E-state index in [4.69, 9.17) is 4.42 Å². The number of aryl methyl sites for hydroxylation is 1. The largest absolute Gasteiger partial charge is 0.468 e. The molecule has 0 bridgehead atoms. The average Bonchev–Trinajstić information content (AvgIpc) is 2.58. The Morgan fingerprint density at radius 1 is 1.60 bits per heavy atom. The molecule has 15 heavy (non-hydrogen) atoms. The van der Waals surface area contributed by atoms with E-state index in [-0.39, 0.29) is 11.5 Å². The molecule has 1 N–H and O–H groups in total. The molecule has 2 heterocycles. The van der Waals surface area contributed by atoms with Gasteiger partial charge in [-0.3, -0.25) is 4.79 Å². The predicted molar refractivity (Wildman–Crippen MR) is 50.7 cm³/mol. The van der Waals surface area contributed by atoms with E-state index in [9.17, 15) is 9.59 Å². The van der Waals surface area contributed by atoms with Gasteiger partial charge in [0.05, 0.1) is 12.7 Å². The van der Waals surface area contributed by atoms with Gasteiger partial charge in [-0.15, -0.1) is 0 Å². The third-order valence-corrected chi connectivity index (χ3v) is 2.37. The summed E-state index contributed by atoms with van der Waals surface area (Å²) in [5, 5.41) is 2.70. The summed E-state index contributed by atoms with van der Waals surface area (Å²) in [4.78, 5) is 23.0. The Morgan fingerprint density at radius 2 is 2.40 bits per heavy atom. The molecule has 1 aromatic rings. The number of methoxy groups -OCH3 is 1. The highest BCUT2D eigenvalue weighted by Gasteiger charge is 2.26. The summed E-state index contributed by atoms with van der Waals surface area (Å²) in [7, 11) is 1.27. The molecule has 0 fully saturated rings. The average molecular weight is 209 g/mol. The monoisotopic (exact) mass is 209 g/mol. The zero-order valence-electron chi connectivity index (χ0n) is 8.33. The van der Waals surface area contributed by atoms with Gasteiger partial charge in [0.2, 0.25) is 0 Å². The Bertz CT molecular complexity index is 408. The van der Waals surface area contributed by atoms with E-state index in [1.165, 1.54) is 13.4 Å². The summed E-state index contributed by atoms with van der Waals surface area (Å²) in [6.07, 6.45) is 2.75. The van der Waals surface area contributed by atoms with Crippen LogP contribution >= 0.6 is 0 Å². The highest BCUT2D eigenvalue weighted by molar-refractivity contribution is 6.06. The molecule has 5 nitrogen and oxygen atoms in total. The topological polar surface area (TPSA) is 68.5 Å². The molecule has 0 unspecified atom stereocenters. The Balaban J connectivity index is 2.46. The molecule has 0 atom stereocenters. The molecule has 1 aromatic heterocycles. The van der Waals surface area contributed by atoms with Gasteiger partial charge in [-0.05, 0) is 6.42 Å². The van der Waals surface area contributed by atoms with E-state index in [1.807, 2.05) is 0 Å². The third-order valence-electron chi connectivity index (χ3n) is 2.37. The zero-order valence-corrected chi connectivity index (χ0v) is 8.33. The minimum absolute atomic E-state index is 0.201.